The molecule has 3 aromatic rings. The molecule has 0 aliphatic carbocycles. The molecule has 42 heavy (non-hydrogen) atoms. The molecule has 1 amide bonds. The lowest BCUT2D eigenvalue weighted by Gasteiger charge is -2.34. The highest BCUT2D eigenvalue weighted by Crippen LogP contribution is 2.32. The zero-order valence-electron chi connectivity index (χ0n) is 24.1. The topological polar surface area (TPSA) is 94.6 Å². The number of anilines is 2. The van der Waals surface area contributed by atoms with Gasteiger partial charge in [0.15, 0.2) is 0 Å². The van der Waals surface area contributed by atoms with Crippen LogP contribution in [-0.4, -0.2) is 47.6 Å². The number of piperidine rings is 1. The highest BCUT2D eigenvalue weighted by molar-refractivity contribution is 5.99. The number of nitrogens with zero attached hydrogens (tertiary/aromatic N) is 2. The van der Waals surface area contributed by atoms with Gasteiger partial charge in [-0.05, 0) is 97.7 Å². The van der Waals surface area contributed by atoms with E-state index in [1.165, 1.54) is 12.5 Å². The van der Waals surface area contributed by atoms with Gasteiger partial charge in [-0.2, -0.15) is 13.2 Å². The third kappa shape index (κ3) is 7.80. The Labute approximate surface area is 244 Å². The van der Waals surface area contributed by atoms with Crippen molar-refractivity contribution in [2.75, 3.05) is 29.9 Å². The van der Waals surface area contributed by atoms with Gasteiger partial charge in [0.25, 0.3) is 5.91 Å². The van der Waals surface area contributed by atoms with E-state index in [0.717, 1.165) is 61.7 Å². The van der Waals surface area contributed by atoms with Gasteiger partial charge in [0.05, 0.1) is 5.56 Å². The highest BCUT2D eigenvalue weighted by atomic mass is 19.4. The van der Waals surface area contributed by atoms with Gasteiger partial charge in [0, 0.05) is 43.5 Å². The number of carboxylic acids is 1. The average molecular weight is 583 g/mol. The molecule has 1 fully saturated rings. The molecule has 2 heterocycles. The van der Waals surface area contributed by atoms with Crippen molar-refractivity contribution in [3.05, 3.63) is 88.1 Å². The Bertz CT molecular complexity index is 1400. The second-order valence-electron chi connectivity index (χ2n) is 10.9. The number of rotatable bonds is 10. The van der Waals surface area contributed by atoms with E-state index in [2.05, 4.69) is 20.5 Å². The maximum absolute atomic E-state index is 13.3. The fourth-order valence-electron chi connectivity index (χ4n) is 5.41. The quantitative estimate of drug-likeness (QED) is 0.270. The second kappa shape index (κ2) is 13.3. The first-order valence-electron chi connectivity index (χ1n) is 14.2. The lowest BCUT2D eigenvalue weighted by molar-refractivity contribution is -0.139. The molecule has 0 spiro atoms. The van der Waals surface area contributed by atoms with Crippen LogP contribution in [0.4, 0.5) is 24.7 Å². The number of aromatic nitrogens is 1. The Morgan fingerprint density at radius 1 is 1.07 bits per heavy atom. The molecule has 3 N–H and O–H groups in total. The Kier molecular flexibility index (Phi) is 9.75. The number of carbonyl (C=O) groups excluding carboxylic acids is 1. The molecule has 2 aromatic carbocycles. The second-order valence-corrected chi connectivity index (χ2v) is 10.9. The van der Waals surface area contributed by atoms with E-state index < -0.39 is 29.7 Å². The van der Waals surface area contributed by atoms with Crippen LogP contribution in [0.15, 0.2) is 54.7 Å². The fraction of sp³-hybridized carbons (Fsp3) is 0.406. The minimum absolute atomic E-state index is 0.0449. The van der Waals surface area contributed by atoms with Crippen LogP contribution < -0.4 is 15.5 Å². The molecule has 1 aromatic heterocycles. The summed E-state index contributed by atoms with van der Waals surface area (Å²) < 4.78 is 39.8. The van der Waals surface area contributed by atoms with Gasteiger partial charge in [0.1, 0.15) is 11.9 Å². The number of alkyl halides is 3. The first kappa shape index (κ1) is 30.9. The number of hydrogen-bond donors (Lipinski definition) is 3. The number of hydrogen-bond acceptors (Lipinski definition) is 5. The molecular weight excluding hydrogens is 545 g/mol. The number of amides is 1. The number of carbonyl (C=O) groups is 2. The molecule has 1 unspecified atom stereocenters. The van der Waals surface area contributed by atoms with Gasteiger partial charge < -0.3 is 20.6 Å². The Balaban J connectivity index is 1.34. The summed E-state index contributed by atoms with van der Waals surface area (Å²) in [5.41, 5.74) is 2.58. The fourth-order valence-corrected chi connectivity index (χ4v) is 5.41. The normalized spacial score (nSPS) is 14.9. The summed E-state index contributed by atoms with van der Waals surface area (Å²) >= 11 is 0. The third-order valence-corrected chi connectivity index (χ3v) is 7.80. The largest absolute Gasteiger partial charge is 0.480 e. The van der Waals surface area contributed by atoms with E-state index in [1.54, 1.807) is 13.1 Å². The predicted molar refractivity (Wildman–Crippen MR) is 157 cm³/mol. The smallest absolute Gasteiger partial charge is 0.416 e. The maximum atomic E-state index is 13.3. The van der Waals surface area contributed by atoms with Crippen molar-refractivity contribution in [2.24, 2.45) is 5.92 Å². The minimum atomic E-state index is -4.54. The van der Waals surface area contributed by atoms with E-state index in [4.69, 9.17) is 0 Å². The van der Waals surface area contributed by atoms with E-state index in [1.807, 2.05) is 43.3 Å². The molecule has 0 radical (unpaired) electrons. The number of benzene rings is 2. The number of halogens is 3. The van der Waals surface area contributed by atoms with Gasteiger partial charge in [-0.3, -0.25) is 4.79 Å². The summed E-state index contributed by atoms with van der Waals surface area (Å²) in [4.78, 5) is 31.8. The number of pyridine rings is 1. The van der Waals surface area contributed by atoms with Crippen LogP contribution in [0.5, 0.6) is 0 Å². The van der Waals surface area contributed by atoms with Crippen LogP contribution in [0.2, 0.25) is 0 Å². The van der Waals surface area contributed by atoms with Crippen LogP contribution in [0.3, 0.4) is 0 Å². The Morgan fingerprint density at radius 3 is 2.36 bits per heavy atom. The lowest BCUT2D eigenvalue weighted by atomic mass is 9.95. The first-order valence-corrected chi connectivity index (χ1v) is 14.2. The van der Waals surface area contributed by atoms with Crippen LogP contribution in [0.25, 0.3) is 0 Å². The molecule has 0 saturated carbocycles. The van der Waals surface area contributed by atoms with E-state index in [0.29, 0.717) is 5.92 Å². The predicted octanol–water partition coefficient (Wildman–Crippen LogP) is 6.03. The van der Waals surface area contributed by atoms with Crippen molar-refractivity contribution in [2.45, 2.75) is 58.7 Å². The number of aliphatic carboxylic acids is 1. The zero-order valence-corrected chi connectivity index (χ0v) is 24.1. The van der Waals surface area contributed by atoms with Crippen molar-refractivity contribution in [1.82, 2.24) is 10.3 Å². The molecule has 1 atom stereocenters. The molecule has 224 valence electrons. The third-order valence-electron chi connectivity index (χ3n) is 7.80. The van der Waals surface area contributed by atoms with Crippen molar-refractivity contribution in [3.8, 4) is 0 Å². The van der Waals surface area contributed by atoms with Gasteiger partial charge in [-0.15, -0.1) is 0 Å². The van der Waals surface area contributed by atoms with Crippen LogP contribution in [0.1, 0.15) is 57.9 Å². The number of aryl methyl sites for hydroxylation is 3. The molecule has 1 saturated heterocycles. The van der Waals surface area contributed by atoms with Gasteiger partial charge in [-0.25, -0.2) is 9.78 Å². The van der Waals surface area contributed by atoms with Crippen molar-refractivity contribution in [1.29, 1.82) is 0 Å². The minimum Gasteiger partial charge on any atom is -0.480 e. The highest BCUT2D eigenvalue weighted by Gasteiger charge is 2.33. The van der Waals surface area contributed by atoms with Crippen LogP contribution in [0, 0.1) is 19.8 Å². The molecule has 4 rings (SSSR count). The summed E-state index contributed by atoms with van der Waals surface area (Å²) in [6.45, 7) is 7.82. The van der Waals surface area contributed by atoms with Crippen LogP contribution in [-0.2, 0) is 23.8 Å². The summed E-state index contributed by atoms with van der Waals surface area (Å²) in [6.07, 6.45) is -0.411. The number of nitrogens with one attached hydrogen (secondary N) is 2. The monoisotopic (exact) mass is 582 g/mol. The first-order chi connectivity index (χ1) is 19.9. The van der Waals surface area contributed by atoms with E-state index in [-0.39, 0.29) is 29.5 Å². The standard InChI is InChI=1S/C32H37F3N4O3/c1-4-24-18-25(32(33,34)35)16-21(3)29(24)30(40)38-27(31(41)42)17-22-5-7-26(8-6-22)39-13-10-23(11-14-39)19-37-28-15-20(2)9-12-36-28/h5-9,12,15-16,18,23,27H,4,10-11,13-14,17,19H2,1-3H3,(H,36,37)(H,38,40)(H,41,42). The zero-order chi connectivity index (χ0) is 30.4. The summed E-state index contributed by atoms with van der Waals surface area (Å²) in [7, 11) is 0. The van der Waals surface area contributed by atoms with E-state index in [9.17, 15) is 27.9 Å². The van der Waals surface area contributed by atoms with Crippen molar-refractivity contribution in [3.63, 3.8) is 0 Å². The van der Waals surface area contributed by atoms with Gasteiger partial charge in [0.2, 0.25) is 0 Å². The lowest BCUT2D eigenvalue weighted by Crippen LogP contribution is -2.43. The number of carboxylic acid groups (broad SMARTS) is 1. The average Bonchev–Trinajstić information content (AvgIpc) is 2.95. The summed E-state index contributed by atoms with van der Waals surface area (Å²) in [6, 6.07) is 12.3. The summed E-state index contributed by atoms with van der Waals surface area (Å²) in [5, 5.41) is 15.8. The maximum Gasteiger partial charge on any atom is 0.416 e. The molecule has 1 aliphatic heterocycles. The van der Waals surface area contributed by atoms with Crippen molar-refractivity contribution < 1.29 is 27.9 Å². The Hall–Kier alpha value is -4.08. The molecular formula is C32H37F3N4O3. The Morgan fingerprint density at radius 2 is 1.76 bits per heavy atom. The molecule has 1 aliphatic rings. The van der Waals surface area contributed by atoms with Crippen molar-refractivity contribution >= 4 is 23.4 Å². The molecule has 10 heteroatoms. The summed E-state index contributed by atoms with van der Waals surface area (Å²) in [5.74, 6) is -0.474. The molecule has 0 bridgehead atoms. The SMILES string of the molecule is CCc1cc(C(F)(F)F)cc(C)c1C(=O)NC(Cc1ccc(N2CCC(CNc3cc(C)ccn3)CC2)cc1)C(=O)O. The van der Waals surface area contributed by atoms with E-state index >= 15 is 0 Å². The van der Waals surface area contributed by atoms with Gasteiger partial charge in [-0.1, -0.05) is 19.1 Å². The van der Waals surface area contributed by atoms with Crippen LogP contribution >= 0.6 is 0 Å². The molecule has 7 nitrogen and oxygen atoms in total. The van der Waals surface area contributed by atoms with Gasteiger partial charge >= 0.3 is 12.1 Å².